The minimum atomic E-state index is 0. The average molecular weight is 326 g/mol. The predicted molar refractivity (Wildman–Crippen MR) is 85.4 cm³/mol. The lowest BCUT2D eigenvalue weighted by molar-refractivity contribution is 0.0747. The van der Waals surface area contributed by atoms with E-state index in [2.05, 4.69) is 10.5 Å². The molecule has 22 heavy (non-hydrogen) atoms. The molecule has 5 nitrogen and oxygen atoms in total. The maximum atomic E-state index is 12.8. The second kappa shape index (κ2) is 6.59. The Morgan fingerprint density at radius 1 is 1.14 bits per heavy atom. The van der Waals surface area contributed by atoms with E-state index >= 15 is 0 Å². The lowest BCUT2D eigenvalue weighted by atomic mass is 9.92. The van der Waals surface area contributed by atoms with Crippen LogP contribution in [0.5, 0.6) is 0 Å². The van der Waals surface area contributed by atoms with E-state index in [4.69, 9.17) is 4.52 Å². The van der Waals surface area contributed by atoms with Gasteiger partial charge in [-0.15, -0.1) is 12.4 Å². The highest BCUT2D eigenvalue weighted by atomic mass is 35.5. The van der Waals surface area contributed by atoms with Crippen LogP contribution >= 0.6 is 12.4 Å². The molecule has 0 spiro atoms. The first kappa shape index (κ1) is 15.8. The molecule has 1 N–H and O–H groups in total. The molecular weight excluding hydrogens is 302 g/mol. The molecular formula is C16H24ClN3O2. The number of amides is 1. The topological polar surface area (TPSA) is 58.4 Å². The molecule has 2 atom stereocenters. The van der Waals surface area contributed by atoms with Crippen LogP contribution in [0.3, 0.4) is 0 Å². The van der Waals surface area contributed by atoms with E-state index in [0.717, 1.165) is 87.9 Å². The van der Waals surface area contributed by atoms with Crippen LogP contribution in [-0.4, -0.2) is 42.1 Å². The normalized spacial score (nSPS) is 27.5. The summed E-state index contributed by atoms with van der Waals surface area (Å²) in [6, 6.07) is 0. The van der Waals surface area contributed by atoms with Crippen molar-refractivity contribution in [2.24, 2.45) is 11.8 Å². The molecule has 1 amide bonds. The number of aryl methyl sites for hydroxylation is 1. The Morgan fingerprint density at radius 3 is 2.55 bits per heavy atom. The fourth-order valence-electron chi connectivity index (χ4n) is 4.12. The van der Waals surface area contributed by atoms with Crippen molar-refractivity contribution in [2.75, 3.05) is 26.2 Å². The molecule has 1 aromatic heterocycles. The van der Waals surface area contributed by atoms with Crippen LogP contribution in [0.4, 0.5) is 0 Å². The highest BCUT2D eigenvalue weighted by molar-refractivity contribution is 5.94. The molecule has 0 bridgehead atoms. The van der Waals surface area contributed by atoms with E-state index in [-0.39, 0.29) is 18.3 Å². The monoisotopic (exact) mass is 325 g/mol. The zero-order valence-corrected chi connectivity index (χ0v) is 13.7. The van der Waals surface area contributed by atoms with Crippen molar-refractivity contribution in [1.82, 2.24) is 15.4 Å². The molecule has 122 valence electrons. The zero-order chi connectivity index (χ0) is 14.2. The number of hydrogen-bond donors (Lipinski definition) is 1. The molecule has 4 rings (SSSR count). The van der Waals surface area contributed by atoms with Gasteiger partial charge in [-0.2, -0.15) is 0 Å². The van der Waals surface area contributed by atoms with Crippen LogP contribution in [0.25, 0.3) is 0 Å². The number of aromatic nitrogens is 1. The smallest absolute Gasteiger partial charge is 0.276 e. The first-order chi connectivity index (χ1) is 10.3. The first-order valence-corrected chi connectivity index (χ1v) is 8.30. The van der Waals surface area contributed by atoms with Crippen molar-refractivity contribution in [1.29, 1.82) is 0 Å². The van der Waals surface area contributed by atoms with Gasteiger partial charge in [0.1, 0.15) is 5.76 Å². The molecule has 1 aliphatic carbocycles. The second-order valence-electron chi connectivity index (χ2n) is 6.69. The van der Waals surface area contributed by atoms with Gasteiger partial charge in [-0.05, 0) is 57.0 Å². The maximum absolute atomic E-state index is 12.8. The molecule has 3 aliphatic rings. The number of halogens is 1. The van der Waals surface area contributed by atoms with E-state index < -0.39 is 0 Å². The Bertz CT molecular complexity index is 531. The molecule has 3 heterocycles. The van der Waals surface area contributed by atoms with Crippen LogP contribution in [0.2, 0.25) is 0 Å². The summed E-state index contributed by atoms with van der Waals surface area (Å²) in [5.41, 5.74) is 1.67. The average Bonchev–Trinajstić information content (AvgIpc) is 3.09. The van der Waals surface area contributed by atoms with E-state index in [1.54, 1.807) is 0 Å². The Morgan fingerprint density at radius 2 is 1.82 bits per heavy atom. The molecule has 0 unspecified atom stereocenters. The van der Waals surface area contributed by atoms with Gasteiger partial charge < -0.3 is 14.7 Å². The van der Waals surface area contributed by atoms with Crippen LogP contribution in [0, 0.1) is 11.8 Å². The molecule has 2 aliphatic heterocycles. The standard InChI is InChI=1S/C16H23N3O2.ClH/c20-16(15-13-3-1-2-4-14(13)21-18-15)19-7-5-11-9-17-10-12(11)6-8-19;/h11-12,17H,1-10H2;1H/t11-,12+;. The number of likely N-dealkylation sites (tertiary alicyclic amines) is 1. The number of hydrogen-bond acceptors (Lipinski definition) is 4. The van der Waals surface area contributed by atoms with E-state index in [1.165, 1.54) is 0 Å². The summed E-state index contributed by atoms with van der Waals surface area (Å²) in [6.07, 6.45) is 6.40. The molecule has 6 heteroatoms. The van der Waals surface area contributed by atoms with Crippen molar-refractivity contribution in [3.63, 3.8) is 0 Å². The maximum Gasteiger partial charge on any atom is 0.276 e. The van der Waals surface area contributed by atoms with Crippen molar-refractivity contribution < 1.29 is 9.32 Å². The number of nitrogens with zero attached hydrogens (tertiary/aromatic N) is 2. The van der Waals surface area contributed by atoms with E-state index in [0.29, 0.717) is 5.69 Å². The van der Waals surface area contributed by atoms with Gasteiger partial charge in [0.05, 0.1) is 0 Å². The van der Waals surface area contributed by atoms with Gasteiger partial charge in [-0.1, -0.05) is 5.16 Å². The summed E-state index contributed by atoms with van der Waals surface area (Å²) < 4.78 is 5.40. The van der Waals surface area contributed by atoms with Crippen molar-refractivity contribution in [3.8, 4) is 0 Å². The number of carbonyl (C=O) groups excluding carboxylic acids is 1. The quantitative estimate of drug-likeness (QED) is 0.858. The fourth-order valence-corrected chi connectivity index (χ4v) is 4.12. The van der Waals surface area contributed by atoms with Crippen molar-refractivity contribution >= 4 is 18.3 Å². The Balaban J connectivity index is 0.00000144. The molecule has 0 aromatic carbocycles. The highest BCUT2D eigenvalue weighted by Crippen LogP contribution is 2.29. The summed E-state index contributed by atoms with van der Waals surface area (Å²) in [7, 11) is 0. The number of fused-ring (bicyclic) bond motifs is 2. The fraction of sp³-hybridized carbons (Fsp3) is 0.750. The van der Waals surface area contributed by atoms with Crippen LogP contribution in [0.15, 0.2) is 4.52 Å². The second-order valence-corrected chi connectivity index (χ2v) is 6.69. The van der Waals surface area contributed by atoms with Crippen molar-refractivity contribution in [3.05, 3.63) is 17.0 Å². The predicted octanol–water partition coefficient (Wildman–Crippen LogP) is 2.05. The lowest BCUT2D eigenvalue weighted by Gasteiger charge is -2.20. The van der Waals surface area contributed by atoms with Gasteiger partial charge in [-0.25, -0.2) is 0 Å². The zero-order valence-electron chi connectivity index (χ0n) is 12.8. The minimum Gasteiger partial charge on any atom is -0.360 e. The third-order valence-electron chi connectivity index (χ3n) is 5.46. The van der Waals surface area contributed by atoms with Gasteiger partial charge >= 0.3 is 0 Å². The molecule has 1 aromatic rings. The van der Waals surface area contributed by atoms with Gasteiger partial charge in [0.25, 0.3) is 5.91 Å². The SMILES string of the molecule is Cl.O=C(c1noc2c1CCCC2)N1CC[C@@H]2CNC[C@@H]2CC1. The molecule has 0 radical (unpaired) electrons. The largest absolute Gasteiger partial charge is 0.360 e. The molecule has 2 fully saturated rings. The number of carbonyl (C=O) groups is 1. The van der Waals surface area contributed by atoms with Crippen molar-refractivity contribution in [2.45, 2.75) is 38.5 Å². The summed E-state index contributed by atoms with van der Waals surface area (Å²) >= 11 is 0. The van der Waals surface area contributed by atoms with Crippen LogP contribution < -0.4 is 5.32 Å². The highest BCUT2D eigenvalue weighted by Gasteiger charge is 2.33. The Kier molecular flexibility index (Phi) is 4.73. The first-order valence-electron chi connectivity index (χ1n) is 8.30. The Hall–Kier alpha value is -1.07. The van der Waals surface area contributed by atoms with E-state index in [1.807, 2.05) is 4.90 Å². The minimum absolute atomic E-state index is 0. The summed E-state index contributed by atoms with van der Waals surface area (Å²) in [5.74, 6) is 2.53. The van der Waals surface area contributed by atoms with Gasteiger partial charge in [0, 0.05) is 25.1 Å². The number of nitrogens with one attached hydrogen (secondary N) is 1. The van der Waals surface area contributed by atoms with Crippen LogP contribution in [0.1, 0.15) is 47.5 Å². The van der Waals surface area contributed by atoms with Gasteiger partial charge in [-0.3, -0.25) is 4.79 Å². The molecule has 2 saturated heterocycles. The summed E-state index contributed by atoms with van der Waals surface area (Å²) in [6.45, 7) is 3.96. The molecule has 0 saturated carbocycles. The van der Waals surface area contributed by atoms with Crippen LogP contribution in [-0.2, 0) is 12.8 Å². The third kappa shape index (κ3) is 2.76. The summed E-state index contributed by atoms with van der Waals surface area (Å²) in [5, 5.41) is 7.57. The third-order valence-corrected chi connectivity index (χ3v) is 5.46. The lowest BCUT2D eigenvalue weighted by Crippen LogP contribution is -2.33. The van der Waals surface area contributed by atoms with E-state index in [9.17, 15) is 4.79 Å². The Labute approximate surface area is 137 Å². The van der Waals surface area contributed by atoms with Gasteiger partial charge in [0.15, 0.2) is 5.69 Å². The van der Waals surface area contributed by atoms with Gasteiger partial charge in [0.2, 0.25) is 0 Å². The number of rotatable bonds is 1. The summed E-state index contributed by atoms with van der Waals surface area (Å²) in [4.78, 5) is 14.8.